The Bertz CT molecular complexity index is 626. The van der Waals surface area contributed by atoms with Gasteiger partial charge in [-0.05, 0) is 30.7 Å². The number of hydrogen-bond donors (Lipinski definition) is 1. The molecule has 2 rings (SSSR count). The van der Waals surface area contributed by atoms with Crippen molar-refractivity contribution in [2.45, 2.75) is 13.0 Å². The summed E-state index contributed by atoms with van der Waals surface area (Å²) in [7, 11) is 0. The monoisotopic (exact) mass is 274 g/mol. The van der Waals surface area contributed by atoms with Crippen LogP contribution in [-0.4, -0.2) is 5.91 Å². The summed E-state index contributed by atoms with van der Waals surface area (Å²) in [6.45, 7) is 1.77. The van der Waals surface area contributed by atoms with Gasteiger partial charge in [-0.1, -0.05) is 23.7 Å². The van der Waals surface area contributed by atoms with Crippen molar-refractivity contribution in [3.8, 4) is 6.07 Å². The first kappa shape index (κ1) is 13.2. The highest BCUT2D eigenvalue weighted by atomic mass is 35.5. The standard InChI is InChI=1S/C14H11ClN2O2/c1-9-6-7-19-13(9)14(18)17-12(8-16)10-2-4-11(15)5-3-10/h2-7,12H,1H3,(H,17,18)/t12-/m1/s1. The molecule has 0 aliphatic heterocycles. The van der Waals surface area contributed by atoms with Crippen LogP contribution in [0.5, 0.6) is 0 Å². The zero-order valence-electron chi connectivity index (χ0n) is 10.2. The second kappa shape index (κ2) is 5.59. The van der Waals surface area contributed by atoms with Gasteiger partial charge in [-0.15, -0.1) is 0 Å². The number of benzene rings is 1. The number of hydrogen-bond acceptors (Lipinski definition) is 3. The molecule has 1 amide bonds. The van der Waals surface area contributed by atoms with Gasteiger partial charge in [0.1, 0.15) is 6.04 Å². The Morgan fingerprint density at radius 3 is 2.58 bits per heavy atom. The Hall–Kier alpha value is -2.25. The fourth-order valence-corrected chi connectivity index (χ4v) is 1.77. The summed E-state index contributed by atoms with van der Waals surface area (Å²) in [4.78, 5) is 12.0. The van der Waals surface area contributed by atoms with Gasteiger partial charge in [0.25, 0.3) is 5.91 Å². The number of nitrogens with zero attached hydrogens (tertiary/aromatic N) is 1. The van der Waals surface area contributed by atoms with Crippen molar-refractivity contribution in [3.63, 3.8) is 0 Å². The Labute approximate surface area is 115 Å². The first-order valence-electron chi connectivity index (χ1n) is 5.62. The lowest BCUT2D eigenvalue weighted by Crippen LogP contribution is -2.27. The zero-order valence-corrected chi connectivity index (χ0v) is 10.9. The number of furan rings is 1. The lowest BCUT2D eigenvalue weighted by Gasteiger charge is -2.11. The van der Waals surface area contributed by atoms with Crippen LogP contribution in [0.4, 0.5) is 0 Å². The second-order valence-corrected chi connectivity index (χ2v) is 4.46. The fraction of sp³-hybridized carbons (Fsp3) is 0.143. The summed E-state index contributed by atoms with van der Waals surface area (Å²) in [6.07, 6.45) is 1.44. The smallest absolute Gasteiger partial charge is 0.288 e. The van der Waals surface area contributed by atoms with E-state index in [2.05, 4.69) is 5.32 Å². The minimum absolute atomic E-state index is 0.217. The van der Waals surface area contributed by atoms with Gasteiger partial charge < -0.3 is 9.73 Å². The number of nitrogens with one attached hydrogen (secondary N) is 1. The number of aryl methyl sites for hydroxylation is 1. The average Bonchev–Trinajstić information content (AvgIpc) is 2.83. The summed E-state index contributed by atoms with van der Waals surface area (Å²) in [5.41, 5.74) is 1.40. The van der Waals surface area contributed by atoms with E-state index in [-0.39, 0.29) is 5.76 Å². The normalized spacial score (nSPS) is 11.6. The Balaban J connectivity index is 2.17. The molecule has 1 heterocycles. The number of nitriles is 1. The van der Waals surface area contributed by atoms with Crippen LogP contribution in [0.1, 0.15) is 27.7 Å². The minimum atomic E-state index is -0.741. The molecule has 0 aliphatic rings. The lowest BCUT2D eigenvalue weighted by molar-refractivity contribution is 0.0916. The molecule has 0 unspecified atom stereocenters. The van der Waals surface area contributed by atoms with Crippen molar-refractivity contribution in [1.29, 1.82) is 5.26 Å². The summed E-state index contributed by atoms with van der Waals surface area (Å²) >= 11 is 5.78. The zero-order chi connectivity index (χ0) is 13.8. The Kier molecular flexibility index (Phi) is 3.88. The molecule has 1 N–H and O–H groups in total. The second-order valence-electron chi connectivity index (χ2n) is 4.02. The molecule has 0 radical (unpaired) electrons. The predicted octanol–water partition coefficient (Wildman–Crippen LogP) is 3.24. The molecule has 4 nitrogen and oxygen atoms in total. The molecular formula is C14H11ClN2O2. The number of carbonyl (C=O) groups is 1. The Morgan fingerprint density at radius 2 is 2.05 bits per heavy atom. The number of amides is 1. The molecule has 2 aromatic rings. The highest BCUT2D eigenvalue weighted by Crippen LogP contribution is 2.17. The summed E-state index contributed by atoms with van der Waals surface area (Å²) in [6, 6.07) is 9.73. The highest BCUT2D eigenvalue weighted by molar-refractivity contribution is 6.30. The third-order valence-electron chi connectivity index (χ3n) is 2.68. The van der Waals surface area contributed by atoms with Crippen molar-refractivity contribution in [3.05, 3.63) is 58.5 Å². The van der Waals surface area contributed by atoms with Gasteiger partial charge in [-0.25, -0.2) is 0 Å². The molecule has 1 aromatic carbocycles. The van der Waals surface area contributed by atoms with Gasteiger partial charge in [0.05, 0.1) is 12.3 Å². The quantitative estimate of drug-likeness (QED) is 0.934. The van der Waals surface area contributed by atoms with Crippen LogP contribution in [0.15, 0.2) is 41.0 Å². The predicted molar refractivity (Wildman–Crippen MR) is 70.7 cm³/mol. The van der Waals surface area contributed by atoms with E-state index in [0.717, 1.165) is 5.56 Å². The van der Waals surface area contributed by atoms with Crippen molar-refractivity contribution in [2.75, 3.05) is 0 Å². The third-order valence-corrected chi connectivity index (χ3v) is 2.93. The molecule has 0 saturated heterocycles. The van der Waals surface area contributed by atoms with E-state index in [4.69, 9.17) is 21.3 Å². The van der Waals surface area contributed by atoms with Gasteiger partial charge in [0.2, 0.25) is 0 Å². The molecule has 0 fully saturated rings. The van der Waals surface area contributed by atoms with Crippen molar-refractivity contribution >= 4 is 17.5 Å². The van der Waals surface area contributed by atoms with Crippen LogP contribution in [0.3, 0.4) is 0 Å². The SMILES string of the molecule is Cc1ccoc1C(=O)N[C@H](C#N)c1ccc(Cl)cc1. The number of halogens is 1. The van der Waals surface area contributed by atoms with E-state index >= 15 is 0 Å². The number of carbonyl (C=O) groups excluding carboxylic acids is 1. The van der Waals surface area contributed by atoms with Crippen LogP contribution >= 0.6 is 11.6 Å². The summed E-state index contributed by atoms with van der Waals surface area (Å²) in [5.74, 6) is -0.196. The first-order chi connectivity index (χ1) is 9.11. The van der Waals surface area contributed by atoms with E-state index in [1.54, 1.807) is 37.3 Å². The topological polar surface area (TPSA) is 66.0 Å². The molecule has 5 heteroatoms. The van der Waals surface area contributed by atoms with Gasteiger partial charge in [0.15, 0.2) is 5.76 Å². The maximum absolute atomic E-state index is 12.0. The van der Waals surface area contributed by atoms with E-state index < -0.39 is 11.9 Å². The molecule has 96 valence electrons. The molecule has 1 aromatic heterocycles. The largest absolute Gasteiger partial charge is 0.459 e. The Morgan fingerprint density at radius 1 is 1.37 bits per heavy atom. The molecule has 19 heavy (non-hydrogen) atoms. The van der Waals surface area contributed by atoms with Gasteiger partial charge in [-0.3, -0.25) is 4.79 Å². The van der Waals surface area contributed by atoms with Gasteiger partial charge in [0, 0.05) is 10.6 Å². The van der Waals surface area contributed by atoms with Crippen molar-refractivity contribution in [2.24, 2.45) is 0 Å². The van der Waals surface area contributed by atoms with E-state index in [9.17, 15) is 4.79 Å². The van der Waals surface area contributed by atoms with Crippen LogP contribution < -0.4 is 5.32 Å². The van der Waals surface area contributed by atoms with Crippen LogP contribution in [0.2, 0.25) is 5.02 Å². The van der Waals surface area contributed by atoms with E-state index in [0.29, 0.717) is 10.6 Å². The third kappa shape index (κ3) is 2.95. The van der Waals surface area contributed by atoms with Crippen LogP contribution in [0, 0.1) is 18.3 Å². The lowest BCUT2D eigenvalue weighted by atomic mass is 10.1. The van der Waals surface area contributed by atoms with Gasteiger partial charge >= 0.3 is 0 Å². The number of rotatable bonds is 3. The van der Waals surface area contributed by atoms with Gasteiger partial charge in [-0.2, -0.15) is 5.26 Å². The van der Waals surface area contributed by atoms with Crippen molar-refractivity contribution < 1.29 is 9.21 Å². The molecule has 0 bridgehead atoms. The maximum Gasteiger partial charge on any atom is 0.288 e. The summed E-state index contributed by atoms with van der Waals surface area (Å²) in [5, 5.41) is 12.3. The molecule has 1 atom stereocenters. The van der Waals surface area contributed by atoms with Crippen LogP contribution in [0.25, 0.3) is 0 Å². The maximum atomic E-state index is 12.0. The highest BCUT2D eigenvalue weighted by Gasteiger charge is 2.18. The first-order valence-corrected chi connectivity index (χ1v) is 5.99. The van der Waals surface area contributed by atoms with E-state index in [1.807, 2.05) is 6.07 Å². The van der Waals surface area contributed by atoms with Crippen molar-refractivity contribution in [1.82, 2.24) is 5.32 Å². The molecule has 0 spiro atoms. The molecule has 0 aliphatic carbocycles. The molecule has 0 saturated carbocycles. The molecular weight excluding hydrogens is 264 g/mol. The fourth-order valence-electron chi connectivity index (χ4n) is 1.65. The minimum Gasteiger partial charge on any atom is -0.459 e. The average molecular weight is 275 g/mol. The summed E-state index contributed by atoms with van der Waals surface area (Å²) < 4.78 is 5.08. The van der Waals surface area contributed by atoms with E-state index in [1.165, 1.54) is 6.26 Å². The van der Waals surface area contributed by atoms with Crippen LogP contribution in [-0.2, 0) is 0 Å².